The van der Waals surface area contributed by atoms with Gasteiger partial charge in [0.15, 0.2) is 0 Å². The number of ether oxygens (including phenoxy) is 1. The lowest BCUT2D eigenvalue weighted by Crippen LogP contribution is -2.11. The number of unbranched alkanes of at least 4 members (excludes halogenated alkanes) is 3. The average molecular weight is 200 g/mol. The number of carbonyl (C=O) groups excluding carboxylic acids is 1. The molecule has 0 spiro atoms. The molecule has 0 aromatic heterocycles. The molecule has 2 heteroatoms. The quantitative estimate of drug-likeness (QED) is 0.534. The second-order valence-electron chi connectivity index (χ2n) is 3.95. The Morgan fingerprint density at radius 1 is 1.21 bits per heavy atom. The number of rotatable bonds is 9. The van der Waals surface area contributed by atoms with Gasteiger partial charge in [0.25, 0.3) is 0 Å². The van der Waals surface area contributed by atoms with E-state index in [9.17, 15) is 4.79 Å². The van der Waals surface area contributed by atoms with Crippen LogP contribution in [0.5, 0.6) is 0 Å². The van der Waals surface area contributed by atoms with Gasteiger partial charge in [0.05, 0.1) is 6.10 Å². The van der Waals surface area contributed by atoms with E-state index in [0.29, 0.717) is 6.42 Å². The summed E-state index contributed by atoms with van der Waals surface area (Å²) in [5.74, 6) is 0.264. The minimum Gasteiger partial charge on any atom is -0.381 e. The van der Waals surface area contributed by atoms with Gasteiger partial charge in [-0.05, 0) is 19.8 Å². The standard InChI is InChI=1S/C12H24O2/c1-4-5-6-7-8-12(14-3)10-9-11(2)13/h12H,4-10H2,1-3H3. The predicted octanol–water partition coefficient (Wildman–Crippen LogP) is 3.34. The summed E-state index contributed by atoms with van der Waals surface area (Å²) in [7, 11) is 1.74. The maximum Gasteiger partial charge on any atom is 0.129 e. The summed E-state index contributed by atoms with van der Waals surface area (Å²) in [6.07, 6.45) is 8.03. The maximum absolute atomic E-state index is 10.8. The van der Waals surface area contributed by atoms with Gasteiger partial charge in [0.2, 0.25) is 0 Å². The minimum atomic E-state index is 0.264. The van der Waals surface area contributed by atoms with Gasteiger partial charge >= 0.3 is 0 Å². The lowest BCUT2D eigenvalue weighted by Gasteiger charge is -2.13. The molecule has 0 heterocycles. The van der Waals surface area contributed by atoms with Gasteiger partial charge in [-0.15, -0.1) is 0 Å². The van der Waals surface area contributed by atoms with Gasteiger partial charge in [-0.1, -0.05) is 32.6 Å². The van der Waals surface area contributed by atoms with Crippen LogP contribution in [0.3, 0.4) is 0 Å². The van der Waals surface area contributed by atoms with E-state index in [-0.39, 0.29) is 11.9 Å². The smallest absolute Gasteiger partial charge is 0.129 e. The molecule has 0 aromatic rings. The summed E-state index contributed by atoms with van der Waals surface area (Å²) in [4.78, 5) is 10.8. The van der Waals surface area contributed by atoms with Crippen LogP contribution in [0.15, 0.2) is 0 Å². The maximum atomic E-state index is 10.8. The zero-order valence-corrected chi connectivity index (χ0v) is 9.84. The monoisotopic (exact) mass is 200 g/mol. The molecule has 0 rings (SSSR count). The fraction of sp³-hybridized carbons (Fsp3) is 0.917. The minimum absolute atomic E-state index is 0.264. The van der Waals surface area contributed by atoms with E-state index in [0.717, 1.165) is 12.8 Å². The summed E-state index contributed by atoms with van der Waals surface area (Å²) >= 11 is 0. The van der Waals surface area contributed by atoms with Crippen LogP contribution in [0, 0.1) is 0 Å². The Balaban J connectivity index is 3.42. The molecule has 1 unspecified atom stereocenters. The molecule has 0 bridgehead atoms. The lowest BCUT2D eigenvalue weighted by atomic mass is 10.0. The first kappa shape index (κ1) is 13.6. The largest absolute Gasteiger partial charge is 0.381 e. The Morgan fingerprint density at radius 3 is 2.43 bits per heavy atom. The van der Waals surface area contributed by atoms with Crippen molar-refractivity contribution in [2.24, 2.45) is 0 Å². The normalized spacial score (nSPS) is 12.8. The highest BCUT2D eigenvalue weighted by Gasteiger charge is 2.07. The van der Waals surface area contributed by atoms with E-state index in [1.165, 1.54) is 25.7 Å². The third kappa shape index (κ3) is 8.24. The number of hydrogen-bond donors (Lipinski definition) is 0. The number of ketones is 1. The van der Waals surface area contributed by atoms with Crippen molar-refractivity contribution in [1.82, 2.24) is 0 Å². The van der Waals surface area contributed by atoms with Crippen LogP contribution >= 0.6 is 0 Å². The Bertz CT molecular complexity index is 143. The van der Waals surface area contributed by atoms with Crippen molar-refractivity contribution in [3.05, 3.63) is 0 Å². The van der Waals surface area contributed by atoms with E-state index in [4.69, 9.17) is 4.74 Å². The lowest BCUT2D eigenvalue weighted by molar-refractivity contribution is -0.117. The van der Waals surface area contributed by atoms with E-state index in [2.05, 4.69) is 6.92 Å². The number of methoxy groups -OCH3 is 1. The molecule has 14 heavy (non-hydrogen) atoms. The van der Waals surface area contributed by atoms with Crippen molar-refractivity contribution >= 4 is 5.78 Å². The summed E-state index contributed by atoms with van der Waals surface area (Å²) < 4.78 is 5.33. The molecule has 0 saturated heterocycles. The molecule has 0 amide bonds. The third-order valence-corrected chi connectivity index (χ3v) is 2.53. The Labute approximate surface area is 88.0 Å². The highest BCUT2D eigenvalue weighted by Crippen LogP contribution is 2.12. The molecule has 1 atom stereocenters. The molecule has 0 N–H and O–H groups in total. The highest BCUT2D eigenvalue weighted by molar-refractivity contribution is 5.75. The molecule has 0 aliphatic heterocycles. The first-order valence-electron chi connectivity index (χ1n) is 5.73. The average Bonchev–Trinajstić information content (AvgIpc) is 2.16. The molecule has 0 aliphatic carbocycles. The summed E-state index contributed by atoms with van der Waals surface area (Å²) in [5.41, 5.74) is 0. The van der Waals surface area contributed by atoms with Gasteiger partial charge in [0, 0.05) is 13.5 Å². The second-order valence-corrected chi connectivity index (χ2v) is 3.95. The van der Waals surface area contributed by atoms with E-state index in [1.807, 2.05) is 0 Å². The Kier molecular flexibility index (Phi) is 8.95. The molecule has 0 aromatic carbocycles. The molecular weight excluding hydrogens is 176 g/mol. The number of hydrogen-bond acceptors (Lipinski definition) is 2. The molecule has 84 valence electrons. The number of Topliss-reactive ketones (excluding diaryl/α,β-unsaturated/α-hetero) is 1. The number of carbonyl (C=O) groups is 1. The Morgan fingerprint density at radius 2 is 1.93 bits per heavy atom. The van der Waals surface area contributed by atoms with Crippen molar-refractivity contribution in [3.8, 4) is 0 Å². The van der Waals surface area contributed by atoms with Gasteiger partial charge in [-0.25, -0.2) is 0 Å². The summed E-state index contributed by atoms with van der Waals surface area (Å²) in [6, 6.07) is 0. The van der Waals surface area contributed by atoms with E-state index < -0.39 is 0 Å². The second kappa shape index (κ2) is 9.20. The molecule has 0 saturated carbocycles. The van der Waals surface area contributed by atoms with Crippen LogP contribution in [0.2, 0.25) is 0 Å². The third-order valence-electron chi connectivity index (χ3n) is 2.53. The zero-order chi connectivity index (χ0) is 10.8. The van der Waals surface area contributed by atoms with E-state index >= 15 is 0 Å². The van der Waals surface area contributed by atoms with Gasteiger partial charge < -0.3 is 9.53 Å². The van der Waals surface area contributed by atoms with Crippen LogP contribution in [0.4, 0.5) is 0 Å². The predicted molar refractivity (Wildman–Crippen MR) is 59.5 cm³/mol. The fourth-order valence-electron chi connectivity index (χ4n) is 1.54. The van der Waals surface area contributed by atoms with Gasteiger partial charge in [-0.3, -0.25) is 0 Å². The molecule has 2 nitrogen and oxygen atoms in total. The summed E-state index contributed by atoms with van der Waals surface area (Å²) in [5, 5.41) is 0. The van der Waals surface area contributed by atoms with Crippen LogP contribution < -0.4 is 0 Å². The van der Waals surface area contributed by atoms with E-state index in [1.54, 1.807) is 14.0 Å². The van der Waals surface area contributed by atoms with Crippen LogP contribution in [-0.4, -0.2) is 19.0 Å². The zero-order valence-electron chi connectivity index (χ0n) is 9.84. The van der Waals surface area contributed by atoms with Crippen LogP contribution in [-0.2, 0) is 9.53 Å². The Hall–Kier alpha value is -0.370. The molecule has 0 radical (unpaired) electrons. The van der Waals surface area contributed by atoms with Crippen LogP contribution in [0.25, 0.3) is 0 Å². The first-order valence-corrected chi connectivity index (χ1v) is 5.73. The van der Waals surface area contributed by atoms with Gasteiger partial charge in [0.1, 0.15) is 5.78 Å². The van der Waals surface area contributed by atoms with Crippen LogP contribution in [0.1, 0.15) is 58.8 Å². The van der Waals surface area contributed by atoms with Crippen molar-refractivity contribution in [2.45, 2.75) is 64.9 Å². The van der Waals surface area contributed by atoms with Crippen molar-refractivity contribution < 1.29 is 9.53 Å². The highest BCUT2D eigenvalue weighted by atomic mass is 16.5. The summed E-state index contributed by atoms with van der Waals surface area (Å²) in [6.45, 7) is 3.85. The molecule has 0 fully saturated rings. The SMILES string of the molecule is CCCCCCC(CCC(C)=O)OC. The molecule has 0 aliphatic rings. The van der Waals surface area contributed by atoms with Crippen molar-refractivity contribution in [3.63, 3.8) is 0 Å². The van der Waals surface area contributed by atoms with Crippen molar-refractivity contribution in [1.29, 1.82) is 0 Å². The fourth-order valence-corrected chi connectivity index (χ4v) is 1.54. The van der Waals surface area contributed by atoms with Gasteiger partial charge in [-0.2, -0.15) is 0 Å². The molecular formula is C12H24O2. The first-order chi connectivity index (χ1) is 6.70. The van der Waals surface area contributed by atoms with Crippen molar-refractivity contribution in [2.75, 3.05) is 7.11 Å². The topological polar surface area (TPSA) is 26.3 Å².